The van der Waals surface area contributed by atoms with Crippen molar-refractivity contribution in [3.8, 4) is 0 Å². The van der Waals surface area contributed by atoms with E-state index in [1.807, 2.05) is 49.4 Å². The van der Waals surface area contributed by atoms with Crippen LogP contribution in [-0.4, -0.2) is 27.1 Å². The quantitative estimate of drug-likeness (QED) is 0.733. The van der Waals surface area contributed by atoms with E-state index in [4.69, 9.17) is 0 Å². The van der Waals surface area contributed by atoms with Crippen LogP contribution in [-0.2, 0) is 14.8 Å². The second-order valence-corrected chi connectivity index (χ2v) is 8.96. The number of carbonyl (C=O) groups excluding carboxylic acids is 1. The number of nitrogens with zero attached hydrogens (tertiary/aromatic N) is 1. The molecule has 0 saturated carbocycles. The summed E-state index contributed by atoms with van der Waals surface area (Å²) >= 11 is 0. The van der Waals surface area contributed by atoms with E-state index >= 15 is 0 Å². The zero-order valence-corrected chi connectivity index (χ0v) is 17.2. The highest BCUT2D eigenvalue weighted by atomic mass is 32.2. The Hall–Kier alpha value is -2.34. The molecule has 0 atom stereocenters. The molecule has 0 heterocycles. The molecule has 0 aromatic heterocycles. The zero-order chi connectivity index (χ0) is 20.0. The molecule has 6 heteroatoms. The Morgan fingerprint density at radius 1 is 1.07 bits per heavy atom. The van der Waals surface area contributed by atoms with Gasteiger partial charge in [0.2, 0.25) is 15.9 Å². The van der Waals surface area contributed by atoms with Crippen molar-refractivity contribution in [3.05, 3.63) is 59.7 Å². The Balaban J connectivity index is 1.94. The standard InChI is InChI=1S/C21H28N2O3S/c1-16(2)18-11-13-19(14-12-18)22-21(24)10-7-15-23(27(4,25)26)20-9-6-5-8-17(20)3/h5-6,8-9,11-14,16H,7,10,15H2,1-4H3,(H,22,24). The average molecular weight is 389 g/mol. The normalized spacial score (nSPS) is 11.4. The number of rotatable bonds is 8. The van der Waals surface area contributed by atoms with Crippen LogP contribution in [0.15, 0.2) is 48.5 Å². The van der Waals surface area contributed by atoms with Gasteiger partial charge in [-0.3, -0.25) is 9.10 Å². The van der Waals surface area contributed by atoms with Crippen molar-refractivity contribution in [3.63, 3.8) is 0 Å². The Morgan fingerprint density at radius 3 is 2.26 bits per heavy atom. The van der Waals surface area contributed by atoms with Crippen molar-refractivity contribution in [2.75, 3.05) is 22.4 Å². The number of hydrogen-bond acceptors (Lipinski definition) is 3. The molecule has 0 aliphatic rings. The van der Waals surface area contributed by atoms with Crippen LogP contribution in [0.4, 0.5) is 11.4 Å². The molecule has 0 bridgehead atoms. The lowest BCUT2D eigenvalue weighted by Crippen LogP contribution is -2.32. The second kappa shape index (κ2) is 9.04. The van der Waals surface area contributed by atoms with Crippen molar-refractivity contribution in [1.29, 1.82) is 0 Å². The monoisotopic (exact) mass is 388 g/mol. The van der Waals surface area contributed by atoms with Crippen LogP contribution in [0.25, 0.3) is 0 Å². The van der Waals surface area contributed by atoms with E-state index in [0.717, 1.165) is 11.3 Å². The predicted molar refractivity (Wildman–Crippen MR) is 112 cm³/mol. The van der Waals surface area contributed by atoms with Gasteiger partial charge in [-0.1, -0.05) is 44.2 Å². The third kappa shape index (κ3) is 6.10. The summed E-state index contributed by atoms with van der Waals surface area (Å²) in [4.78, 5) is 12.2. The molecule has 146 valence electrons. The molecular formula is C21H28N2O3S. The summed E-state index contributed by atoms with van der Waals surface area (Å²) in [5.41, 5.74) is 3.51. The molecule has 0 spiro atoms. The van der Waals surface area contributed by atoms with Gasteiger partial charge in [0.25, 0.3) is 0 Å². The van der Waals surface area contributed by atoms with E-state index in [1.54, 1.807) is 6.07 Å². The van der Waals surface area contributed by atoms with Gasteiger partial charge in [0.15, 0.2) is 0 Å². The fourth-order valence-corrected chi connectivity index (χ4v) is 3.89. The molecule has 5 nitrogen and oxygen atoms in total. The Labute approximate surface area is 162 Å². The van der Waals surface area contributed by atoms with Crippen LogP contribution in [0.1, 0.15) is 43.7 Å². The zero-order valence-electron chi connectivity index (χ0n) is 16.4. The van der Waals surface area contributed by atoms with Crippen LogP contribution >= 0.6 is 0 Å². The first-order valence-electron chi connectivity index (χ1n) is 9.11. The smallest absolute Gasteiger partial charge is 0.232 e. The number of sulfonamides is 1. The summed E-state index contributed by atoms with van der Waals surface area (Å²) in [5, 5.41) is 2.86. The maximum atomic E-state index is 12.2. The first kappa shape index (κ1) is 21.0. The first-order valence-corrected chi connectivity index (χ1v) is 11.0. The van der Waals surface area contributed by atoms with Crippen LogP contribution in [0.5, 0.6) is 0 Å². The maximum Gasteiger partial charge on any atom is 0.232 e. The van der Waals surface area contributed by atoms with Gasteiger partial charge < -0.3 is 5.32 Å². The van der Waals surface area contributed by atoms with Gasteiger partial charge in [-0.2, -0.15) is 0 Å². The van der Waals surface area contributed by atoms with E-state index in [2.05, 4.69) is 19.2 Å². The van der Waals surface area contributed by atoms with Crippen LogP contribution < -0.4 is 9.62 Å². The Kier molecular flexibility index (Phi) is 7.02. The van der Waals surface area contributed by atoms with Crippen molar-refractivity contribution >= 4 is 27.3 Å². The number of hydrogen-bond donors (Lipinski definition) is 1. The molecular weight excluding hydrogens is 360 g/mol. The summed E-state index contributed by atoms with van der Waals surface area (Å²) in [6.45, 7) is 6.38. The van der Waals surface area contributed by atoms with Crippen molar-refractivity contribution < 1.29 is 13.2 Å². The number of carbonyl (C=O) groups is 1. The molecule has 2 rings (SSSR count). The summed E-state index contributed by atoms with van der Waals surface area (Å²) in [6, 6.07) is 15.1. The minimum Gasteiger partial charge on any atom is -0.326 e. The van der Waals surface area contributed by atoms with E-state index in [1.165, 1.54) is 16.1 Å². The third-order valence-corrected chi connectivity index (χ3v) is 5.59. The van der Waals surface area contributed by atoms with Crippen molar-refractivity contribution in [2.45, 2.75) is 39.5 Å². The lowest BCUT2D eigenvalue weighted by molar-refractivity contribution is -0.116. The summed E-state index contributed by atoms with van der Waals surface area (Å²) in [7, 11) is -3.41. The van der Waals surface area contributed by atoms with Gasteiger partial charge in [0.05, 0.1) is 11.9 Å². The van der Waals surface area contributed by atoms with Gasteiger partial charge >= 0.3 is 0 Å². The lowest BCUT2D eigenvalue weighted by Gasteiger charge is -2.24. The van der Waals surface area contributed by atoms with E-state index in [0.29, 0.717) is 18.0 Å². The van der Waals surface area contributed by atoms with E-state index < -0.39 is 10.0 Å². The predicted octanol–water partition coefficient (Wildman–Crippen LogP) is 4.30. The summed E-state index contributed by atoms with van der Waals surface area (Å²) in [5.74, 6) is 0.323. The molecule has 27 heavy (non-hydrogen) atoms. The molecule has 0 aliphatic heterocycles. The second-order valence-electron chi connectivity index (χ2n) is 7.05. The molecule has 1 N–H and O–H groups in total. The van der Waals surface area contributed by atoms with Gasteiger partial charge in [-0.25, -0.2) is 8.42 Å². The number of anilines is 2. The van der Waals surface area contributed by atoms with Crippen LogP contribution in [0.2, 0.25) is 0 Å². The SMILES string of the molecule is Cc1ccccc1N(CCCC(=O)Nc1ccc(C(C)C)cc1)S(C)(=O)=O. The highest BCUT2D eigenvalue weighted by Gasteiger charge is 2.19. The van der Waals surface area contributed by atoms with Gasteiger partial charge in [0, 0.05) is 18.7 Å². The van der Waals surface area contributed by atoms with Crippen molar-refractivity contribution in [1.82, 2.24) is 0 Å². The molecule has 2 aromatic rings. The molecule has 0 aliphatic carbocycles. The maximum absolute atomic E-state index is 12.2. The fraction of sp³-hybridized carbons (Fsp3) is 0.381. The molecule has 0 fully saturated rings. The topological polar surface area (TPSA) is 66.5 Å². The van der Waals surface area contributed by atoms with Crippen LogP contribution in [0.3, 0.4) is 0 Å². The number of nitrogens with one attached hydrogen (secondary N) is 1. The molecule has 0 unspecified atom stereocenters. The molecule has 1 amide bonds. The Bertz CT molecular complexity index is 875. The number of benzene rings is 2. The Morgan fingerprint density at radius 2 is 1.70 bits per heavy atom. The molecule has 0 saturated heterocycles. The van der Waals surface area contributed by atoms with Crippen molar-refractivity contribution in [2.24, 2.45) is 0 Å². The largest absolute Gasteiger partial charge is 0.326 e. The highest BCUT2D eigenvalue weighted by molar-refractivity contribution is 7.92. The summed E-state index contributed by atoms with van der Waals surface area (Å²) in [6.07, 6.45) is 1.89. The lowest BCUT2D eigenvalue weighted by atomic mass is 10.0. The van der Waals surface area contributed by atoms with Gasteiger partial charge in [-0.15, -0.1) is 0 Å². The van der Waals surface area contributed by atoms with Gasteiger partial charge in [0.1, 0.15) is 0 Å². The number of aryl methyl sites for hydroxylation is 1. The third-order valence-electron chi connectivity index (χ3n) is 4.41. The minimum absolute atomic E-state index is 0.120. The average Bonchev–Trinajstić information content (AvgIpc) is 2.59. The van der Waals surface area contributed by atoms with E-state index in [9.17, 15) is 13.2 Å². The summed E-state index contributed by atoms with van der Waals surface area (Å²) < 4.78 is 25.7. The molecule has 2 aromatic carbocycles. The van der Waals surface area contributed by atoms with Gasteiger partial charge in [-0.05, 0) is 48.6 Å². The fourth-order valence-electron chi connectivity index (χ4n) is 2.87. The first-order chi connectivity index (χ1) is 12.7. The molecule has 0 radical (unpaired) electrons. The number of para-hydroxylation sites is 1. The highest BCUT2D eigenvalue weighted by Crippen LogP contribution is 2.22. The number of amides is 1. The minimum atomic E-state index is -3.41. The van der Waals surface area contributed by atoms with Crippen LogP contribution in [0, 0.1) is 6.92 Å². The van der Waals surface area contributed by atoms with E-state index in [-0.39, 0.29) is 18.9 Å².